The van der Waals surface area contributed by atoms with Crippen molar-refractivity contribution in [3.05, 3.63) is 43.9 Å². The van der Waals surface area contributed by atoms with Crippen LogP contribution in [-0.4, -0.2) is 15.7 Å². The molecule has 15 heavy (non-hydrogen) atoms. The van der Waals surface area contributed by atoms with E-state index in [1.807, 2.05) is 0 Å². The Morgan fingerprint density at radius 2 is 2.20 bits per heavy atom. The lowest BCUT2D eigenvalue weighted by Crippen LogP contribution is -2.19. The van der Waals surface area contributed by atoms with Crippen molar-refractivity contribution in [1.82, 2.24) is 9.38 Å². The standard InChI is InChI=1S/C9H4BrClN2O2/c10-5-1-2-7-12-8(11)6(4-14)9(15)13(7)3-5/h1-4H. The second-order valence-electron chi connectivity index (χ2n) is 2.81. The van der Waals surface area contributed by atoms with Crippen LogP contribution in [0.3, 0.4) is 0 Å². The number of fused-ring (bicyclic) bond motifs is 1. The first-order valence-corrected chi connectivity index (χ1v) is 5.13. The van der Waals surface area contributed by atoms with Crippen LogP contribution >= 0.6 is 27.5 Å². The molecule has 6 heteroatoms. The average Bonchev–Trinajstić information content (AvgIpc) is 2.20. The molecule has 0 spiro atoms. The fourth-order valence-electron chi connectivity index (χ4n) is 1.20. The molecule has 0 aliphatic heterocycles. The molecule has 0 atom stereocenters. The van der Waals surface area contributed by atoms with Crippen LogP contribution in [0.25, 0.3) is 5.65 Å². The van der Waals surface area contributed by atoms with Gasteiger partial charge in [-0.25, -0.2) is 4.98 Å². The predicted molar refractivity (Wildman–Crippen MR) is 59.6 cm³/mol. The first-order valence-electron chi connectivity index (χ1n) is 3.96. The number of aromatic nitrogens is 2. The third kappa shape index (κ3) is 1.68. The number of pyridine rings is 1. The predicted octanol–water partition coefficient (Wildman–Crippen LogP) is 1.92. The van der Waals surface area contributed by atoms with Crippen molar-refractivity contribution in [2.75, 3.05) is 0 Å². The quantitative estimate of drug-likeness (QED) is 0.595. The number of carbonyl (C=O) groups is 1. The Kier molecular flexibility index (Phi) is 2.58. The molecule has 0 bridgehead atoms. The van der Waals surface area contributed by atoms with Crippen LogP contribution in [0.4, 0.5) is 0 Å². The van der Waals surface area contributed by atoms with Gasteiger partial charge in [-0.15, -0.1) is 0 Å². The monoisotopic (exact) mass is 286 g/mol. The molecule has 0 aromatic carbocycles. The summed E-state index contributed by atoms with van der Waals surface area (Å²) in [5, 5.41) is -0.0719. The van der Waals surface area contributed by atoms with Crippen LogP contribution < -0.4 is 5.56 Å². The van der Waals surface area contributed by atoms with Crippen LogP contribution in [0.1, 0.15) is 10.4 Å². The molecule has 0 radical (unpaired) electrons. The van der Waals surface area contributed by atoms with Crippen molar-refractivity contribution >= 4 is 39.5 Å². The molecule has 4 nitrogen and oxygen atoms in total. The highest BCUT2D eigenvalue weighted by Crippen LogP contribution is 2.12. The summed E-state index contributed by atoms with van der Waals surface area (Å²) in [6.45, 7) is 0. The number of hydrogen-bond acceptors (Lipinski definition) is 3. The van der Waals surface area contributed by atoms with Crippen LogP contribution in [0.2, 0.25) is 5.15 Å². The summed E-state index contributed by atoms with van der Waals surface area (Å²) in [5.41, 5.74) is -0.202. The maximum atomic E-state index is 11.7. The second-order valence-corrected chi connectivity index (χ2v) is 4.09. The fraction of sp³-hybridized carbons (Fsp3) is 0. The largest absolute Gasteiger partial charge is 0.298 e. The third-order valence-electron chi connectivity index (χ3n) is 1.89. The number of carbonyl (C=O) groups excluding carboxylic acids is 1. The molecule has 0 saturated carbocycles. The molecule has 0 unspecified atom stereocenters. The topological polar surface area (TPSA) is 51.4 Å². The van der Waals surface area contributed by atoms with E-state index < -0.39 is 5.56 Å². The van der Waals surface area contributed by atoms with Crippen molar-refractivity contribution in [3.63, 3.8) is 0 Å². The van der Waals surface area contributed by atoms with Crippen LogP contribution in [0.15, 0.2) is 27.6 Å². The van der Waals surface area contributed by atoms with E-state index in [4.69, 9.17) is 11.6 Å². The molecule has 2 aromatic rings. The lowest BCUT2D eigenvalue weighted by molar-refractivity contribution is 0.112. The van der Waals surface area contributed by atoms with E-state index in [2.05, 4.69) is 20.9 Å². The number of nitrogens with zero attached hydrogens (tertiary/aromatic N) is 2. The van der Waals surface area contributed by atoms with E-state index in [0.717, 1.165) is 4.47 Å². The maximum absolute atomic E-state index is 11.7. The van der Waals surface area contributed by atoms with Crippen LogP contribution in [0, 0.1) is 0 Å². The first-order chi connectivity index (χ1) is 7.13. The summed E-state index contributed by atoms with van der Waals surface area (Å²) in [5.74, 6) is 0. The van der Waals surface area contributed by atoms with Gasteiger partial charge in [-0.2, -0.15) is 0 Å². The lowest BCUT2D eigenvalue weighted by Gasteiger charge is -2.02. The smallest absolute Gasteiger partial charge is 0.270 e. The van der Waals surface area contributed by atoms with Gasteiger partial charge in [0.05, 0.1) is 0 Å². The van der Waals surface area contributed by atoms with Gasteiger partial charge in [-0.3, -0.25) is 14.0 Å². The Morgan fingerprint density at radius 1 is 1.47 bits per heavy atom. The van der Waals surface area contributed by atoms with Crippen LogP contribution in [-0.2, 0) is 0 Å². The minimum atomic E-state index is -0.471. The SMILES string of the molecule is O=Cc1c(Cl)nc2ccc(Br)cn2c1=O. The van der Waals surface area contributed by atoms with Gasteiger partial charge in [0, 0.05) is 10.7 Å². The van der Waals surface area contributed by atoms with E-state index in [1.54, 1.807) is 12.1 Å². The van der Waals surface area contributed by atoms with Gasteiger partial charge in [0.2, 0.25) is 0 Å². The zero-order valence-corrected chi connectivity index (χ0v) is 9.62. The summed E-state index contributed by atoms with van der Waals surface area (Å²) < 4.78 is 1.98. The van der Waals surface area contributed by atoms with Crippen LogP contribution in [0.5, 0.6) is 0 Å². The number of aldehydes is 1. The fourth-order valence-corrected chi connectivity index (χ4v) is 1.75. The number of rotatable bonds is 1. The first kappa shape index (κ1) is 10.3. The molecular formula is C9H4BrClN2O2. The molecule has 0 aliphatic rings. The van der Waals surface area contributed by atoms with Crippen molar-refractivity contribution in [2.24, 2.45) is 0 Å². The molecule has 0 fully saturated rings. The molecule has 0 saturated heterocycles. The molecule has 2 aromatic heterocycles. The van der Waals surface area contributed by atoms with Gasteiger partial charge in [-0.1, -0.05) is 11.6 Å². The molecular weight excluding hydrogens is 283 g/mol. The zero-order chi connectivity index (χ0) is 11.0. The van der Waals surface area contributed by atoms with Crippen molar-refractivity contribution in [2.45, 2.75) is 0 Å². The van der Waals surface area contributed by atoms with Gasteiger partial charge >= 0.3 is 0 Å². The molecule has 2 rings (SSSR count). The van der Waals surface area contributed by atoms with E-state index in [0.29, 0.717) is 11.9 Å². The molecule has 0 aliphatic carbocycles. The van der Waals surface area contributed by atoms with E-state index in [9.17, 15) is 9.59 Å². The summed E-state index contributed by atoms with van der Waals surface area (Å²) in [7, 11) is 0. The summed E-state index contributed by atoms with van der Waals surface area (Å²) in [4.78, 5) is 26.3. The molecule has 76 valence electrons. The summed E-state index contributed by atoms with van der Waals surface area (Å²) in [6, 6.07) is 3.37. The minimum absolute atomic E-state index is 0.0719. The highest BCUT2D eigenvalue weighted by Gasteiger charge is 2.09. The van der Waals surface area contributed by atoms with Gasteiger partial charge < -0.3 is 0 Å². The molecule has 0 amide bonds. The Balaban J connectivity index is 2.99. The Labute approximate surface area is 97.6 Å². The zero-order valence-electron chi connectivity index (χ0n) is 7.28. The van der Waals surface area contributed by atoms with E-state index >= 15 is 0 Å². The highest BCUT2D eigenvalue weighted by molar-refractivity contribution is 9.10. The van der Waals surface area contributed by atoms with Crippen molar-refractivity contribution in [3.8, 4) is 0 Å². The minimum Gasteiger partial charge on any atom is -0.298 e. The average molecular weight is 288 g/mol. The molecule has 0 N–H and O–H groups in total. The normalized spacial score (nSPS) is 10.5. The third-order valence-corrected chi connectivity index (χ3v) is 2.65. The van der Waals surface area contributed by atoms with E-state index in [1.165, 1.54) is 10.6 Å². The lowest BCUT2D eigenvalue weighted by atomic mass is 10.3. The second kappa shape index (κ2) is 3.75. The Morgan fingerprint density at radius 3 is 2.87 bits per heavy atom. The van der Waals surface area contributed by atoms with E-state index in [-0.39, 0.29) is 10.7 Å². The van der Waals surface area contributed by atoms with Gasteiger partial charge in [0.1, 0.15) is 16.4 Å². The summed E-state index contributed by atoms with van der Waals surface area (Å²) >= 11 is 8.90. The van der Waals surface area contributed by atoms with Gasteiger partial charge in [0.25, 0.3) is 5.56 Å². The van der Waals surface area contributed by atoms with Crippen molar-refractivity contribution in [1.29, 1.82) is 0 Å². The maximum Gasteiger partial charge on any atom is 0.270 e. The Bertz CT molecular complexity index is 609. The molecule has 2 heterocycles. The highest BCUT2D eigenvalue weighted by atomic mass is 79.9. The van der Waals surface area contributed by atoms with Gasteiger partial charge in [-0.05, 0) is 28.1 Å². The van der Waals surface area contributed by atoms with Gasteiger partial charge in [0.15, 0.2) is 6.29 Å². The number of halogens is 2. The Hall–Kier alpha value is -1.20. The summed E-state index contributed by atoms with van der Waals surface area (Å²) in [6.07, 6.45) is 1.94. The number of hydrogen-bond donors (Lipinski definition) is 0. The van der Waals surface area contributed by atoms with Crippen molar-refractivity contribution < 1.29 is 4.79 Å².